The Morgan fingerprint density at radius 2 is 2.11 bits per heavy atom. The molecule has 0 aromatic heterocycles. The lowest BCUT2D eigenvalue weighted by molar-refractivity contribution is 0.0288. The zero-order chi connectivity index (χ0) is 19.6. The Balaban J connectivity index is 1.50. The van der Waals surface area contributed by atoms with Crippen LogP contribution in [0.2, 0.25) is 5.02 Å². The van der Waals surface area contributed by atoms with E-state index in [2.05, 4.69) is 11.0 Å². The molecule has 2 aromatic carbocycles. The fourth-order valence-corrected chi connectivity index (χ4v) is 4.60. The molecule has 2 heterocycles. The number of aliphatic hydroxyl groups is 1. The largest absolute Gasteiger partial charge is 0.493 e. The topological polar surface area (TPSA) is 51.2 Å². The number of hydrogen-bond donors (Lipinski definition) is 1. The molecule has 2 aromatic rings. The van der Waals surface area contributed by atoms with E-state index in [1.165, 1.54) is 5.56 Å². The van der Waals surface area contributed by atoms with Crippen LogP contribution in [0.1, 0.15) is 24.0 Å². The van der Waals surface area contributed by atoms with E-state index < -0.39 is 0 Å². The molecule has 1 saturated heterocycles. The van der Waals surface area contributed by atoms with Crippen molar-refractivity contribution in [3.05, 3.63) is 52.5 Å². The van der Waals surface area contributed by atoms with Gasteiger partial charge in [-0.2, -0.15) is 0 Å². The van der Waals surface area contributed by atoms with Crippen molar-refractivity contribution in [1.29, 1.82) is 0 Å². The third-order valence-electron chi connectivity index (χ3n) is 5.67. The molecule has 1 fully saturated rings. The highest BCUT2D eigenvalue weighted by molar-refractivity contribution is 6.30. The molecule has 0 aliphatic carbocycles. The SMILES string of the molecule is COc1cc(CN2CCC[C@](CO)(Cc3cccc(Cl)c3)C2)cc2c1OCO2. The van der Waals surface area contributed by atoms with Crippen molar-refractivity contribution in [2.24, 2.45) is 5.41 Å². The predicted octanol–water partition coefficient (Wildman–Crippen LogP) is 3.89. The second-order valence-electron chi connectivity index (χ2n) is 7.81. The maximum absolute atomic E-state index is 10.2. The lowest BCUT2D eigenvalue weighted by Crippen LogP contribution is -2.46. The molecular weight excluding hydrogens is 378 g/mol. The van der Waals surface area contributed by atoms with Gasteiger partial charge in [0.25, 0.3) is 0 Å². The summed E-state index contributed by atoms with van der Waals surface area (Å²) >= 11 is 6.16. The number of halogens is 1. The standard InChI is InChI=1S/C22H26ClNO4/c1-26-19-9-17(10-20-21(19)28-15-27-20)12-24-7-3-6-22(13-24,14-25)11-16-4-2-5-18(23)8-16/h2,4-5,8-10,25H,3,6-7,11-15H2,1H3/t22-/m0/s1. The van der Waals surface area contributed by atoms with Crippen LogP contribution >= 0.6 is 11.6 Å². The van der Waals surface area contributed by atoms with Crippen LogP contribution < -0.4 is 14.2 Å². The van der Waals surface area contributed by atoms with E-state index in [4.69, 9.17) is 25.8 Å². The van der Waals surface area contributed by atoms with Gasteiger partial charge in [0.15, 0.2) is 11.5 Å². The molecule has 4 rings (SSSR count). The van der Waals surface area contributed by atoms with Crippen molar-refractivity contribution >= 4 is 11.6 Å². The third kappa shape index (κ3) is 4.07. The highest BCUT2D eigenvalue weighted by Gasteiger charge is 2.35. The number of benzene rings is 2. The lowest BCUT2D eigenvalue weighted by atomic mass is 9.75. The van der Waals surface area contributed by atoms with E-state index >= 15 is 0 Å². The summed E-state index contributed by atoms with van der Waals surface area (Å²) in [7, 11) is 1.64. The van der Waals surface area contributed by atoms with Crippen molar-refractivity contribution in [2.45, 2.75) is 25.8 Å². The van der Waals surface area contributed by atoms with Gasteiger partial charge < -0.3 is 19.3 Å². The molecule has 0 radical (unpaired) electrons. The molecule has 2 aliphatic heterocycles. The quantitative estimate of drug-likeness (QED) is 0.792. The zero-order valence-electron chi connectivity index (χ0n) is 16.1. The fraction of sp³-hybridized carbons (Fsp3) is 0.455. The summed E-state index contributed by atoms with van der Waals surface area (Å²) in [6.07, 6.45) is 2.89. The van der Waals surface area contributed by atoms with Crippen LogP contribution in [0.15, 0.2) is 36.4 Å². The van der Waals surface area contributed by atoms with Crippen molar-refractivity contribution in [2.75, 3.05) is 33.6 Å². The van der Waals surface area contributed by atoms with Crippen LogP contribution in [0, 0.1) is 5.41 Å². The summed E-state index contributed by atoms with van der Waals surface area (Å²) in [5, 5.41) is 11.0. The fourth-order valence-electron chi connectivity index (χ4n) is 4.39. The van der Waals surface area contributed by atoms with Gasteiger partial charge >= 0.3 is 0 Å². The van der Waals surface area contributed by atoms with Crippen molar-refractivity contribution in [3.63, 3.8) is 0 Å². The molecular formula is C22H26ClNO4. The molecule has 0 unspecified atom stereocenters. The first kappa shape index (κ1) is 19.4. The molecule has 150 valence electrons. The summed E-state index contributed by atoms with van der Waals surface area (Å²) < 4.78 is 16.5. The zero-order valence-corrected chi connectivity index (χ0v) is 16.9. The number of piperidine rings is 1. The molecule has 0 saturated carbocycles. The number of likely N-dealkylation sites (tertiary alicyclic amines) is 1. The first-order valence-corrected chi connectivity index (χ1v) is 10.0. The summed E-state index contributed by atoms with van der Waals surface area (Å²) in [4.78, 5) is 2.40. The smallest absolute Gasteiger partial charge is 0.231 e. The molecule has 0 bridgehead atoms. The monoisotopic (exact) mass is 403 g/mol. The summed E-state index contributed by atoms with van der Waals surface area (Å²) in [6, 6.07) is 12.0. The number of methoxy groups -OCH3 is 1. The maximum Gasteiger partial charge on any atom is 0.231 e. The van der Waals surface area contributed by atoms with Gasteiger partial charge in [-0.1, -0.05) is 23.7 Å². The van der Waals surface area contributed by atoms with Crippen molar-refractivity contribution in [3.8, 4) is 17.2 Å². The van der Waals surface area contributed by atoms with Gasteiger partial charge in [-0.05, 0) is 61.2 Å². The highest BCUT2D eigenvalue weighted by atomic mass is 35.5. The summed E-state index contributed by atoms with van der Waals surface area (Å²) in [5.41, 5.74) is 2.15. The number of ether oxygens (including phenoxy) is 3. The number of aliphatic hydroxyl groups excluding tert-OH is 1. The number of nitrogens with zero attached hydrogens (tertiary/aromatic N) is 1. The van der Waals surface area contributed by atoms with Gasteiger partial charge in [-0.15, -0.1) is 0 Å². The van der Waals surface area contributed by atoms with E-state index in [-0.39, 0.29) is 18.8 Å². The molecule has 2 aliphatic rings. The highest BCUT2D eigenvalue weighted by Crippen LogP contribution is 2.42. The molecule has 28 heavy (non-hydrogen) atoms. The van der Waals surface area contributed by atoms with E-state index in [1.807, 2.05) is 30.3 Å². The second-order valence-corrected chi connectivity index (χ2v) is 8.25. The van der Waals surface area contributed by atoms with E-state index in [0.29, 0.717) is 11.5 Å². The van der Waals surface area contributed by atoms with Gasteiger partial charge in [0.05, 0.1) is 13.7 Å². The molecule has 0 amide bonds. The van der Waals surface area contributed by atoms with Crippen LogP contribution in [0.3, 0.4) is 0 Å². The molecule has 6 heteroatoms. The average Bonchev–Trinajstić information content (AvgIpc) is 3.16. The Bertz CT molecular complexity index is 843. The Hall–Kier alpha value is -1.95. The van der Waals surface area contributed by atoms with Gasteiger partial charge in [0.1, 0.15) is 0 Å². The Morgan fingerprint density at radius 3 is 2.89 bits per heavy atom. The van der Waals surface area contributed by atoms with Crippen molar-refractivity contribution < 1.29 is 19.3 Å². The number of hydrogen-bond acceptors (Lipinski definition) is 5. The van der Waals surface area contributed by atoms with Crippen LogP contribution in [-0.2, 0) is 13.0 Å². The number of fused-ring (bicyclic) bond motifs is 1. The first-order valence-electron chi connectivity index (χ1n) is 9.65. The van der Waals surface area contributed by atoms with E-state index in [1.54, 1.807) is 7.11 Å². The van der Waals surface area contributed by atoms with Gasteiger partial charge in [0, 0.05) is 23.5 Å². The Labute approximate surface area is 170 Å². The van der Waals surface area contributed by atoms with Gasteiger partial charge in [-0.25, -0.2) is 0 Å². The van der Waals surface area contributed by atoms with Gasteiger partial charge in [-0.3, -0.25) is 4.90 Å². The lowest BCUT2D eigenvalue weighted by Gasteiger charge is -2.42. The third-order valence-corrected chi connectivity index (χ3v) is 5.90. The predicted molar refractivity (Wildman–Crippen MR) is 108 cm³/mol. The normalized spacial score (nSPS) is 21.7. The van der Waals surface area contributed by atoms with Crippen LogP contribution in [0.25, 0.3) is 0 Å². The summed E-state index contributed by atoms with van der Waals surface area (Å²) in [6.45, 7) is 3.03. The van der Waals surface area contributed by atoms with E-state index in [0.717, 1.165) is 55.2 Å². The molecule has 0 spiro atoms. The second kappa shape index (κ2) is 8.19. The molecule has 1 N–H and O–H groups in total. The first-order chi connectivity index (χ1) is 13.6. The molecule has 1 atom stereocenters. The maximum atomic E-state index is 10.2. The Kier molecular flexibility index (Phi) is 5.67. The molecule has 5 nitrogen and oxygen atoms in total. The van der Waals surface area contributed by atoms with Crippen LogP contribution in [0.4, 0.5) is 0 Å². The summed E-state index contributed by atoms with van der Waals surface area (Å²) in [5.74, 6) is 2.11. The van der Waals surface area contributed by atoms with Crippen LogP contribution in [0.5, 0.6) is 17.2 Å². The van der Waals surface area contributed by atoms with Crippen LogP contribution in [-0.4, -0.2) is 43.6 Å². The average molecular weight is 404 g/mol. The van der Waals surface area contributed by atoms with Crippen molar-refractivity contribution in [1.82, 2.24) is 4.90 Å². The Morgan fingerprint density at radius 1 is 1.21 bits per heavy atom. The minimum absolute atomic E-state index is 0.149. The minimum Gasteiger partial charge on any atom is -0.493 e. The minimum atomic E-state index is -0.149. The van der Waals surface area contributed by atoms with Gasteiger partial charge in [0.2, 0.25) is 12.5 Å². The van der Waals surface area contributed by atoms with E-state index in [9.17, 15) is 5.11 Å². The number of rotatable bonds is 6.